The van der Waals surface area contributed by atoms with E-state index in [1.165, 1.54) is 12.5 Å². The van der Waals surface area contributed by atoms with Crippen LogP contribution in [0.1, 0.15) is 35.7 Å². The lowest BCUT2D eigenvalue weighted by atomic mass is 10.2. The average Bonchev–Trinajstić information content (AvgIpc) is 2.90. The number of hydrogen-bond acceptors (Lipinski definition) is 5. The van der Waals surface area contributed by atoms with Gasteiger partial charge in [0, 0.05) is 19.3 Å². The van der Waals surface area contributed by atoms with Gasteiger partial charge in [0.15, 0.2) is 0 Å². The highest BCUT2D eigenvalue weighted by atomic mass is 16.5. The number of nitrogens with zero attached hydrogens (tertiary/aromatic N) is 4. The summed E-state index contributed by atoms with van der Waals surface area (Å²) in [6.07, 6.45) is 3.72. The number of methoxy groups -OCH3 is 1. The van der Waals surface area contributed by atoms with Gasteiger partial charge in [-0.05, 0) is 12.5 Å². The van der Waals surface area contributed by atoms with Crippen molar-refractivity contribution < 1.29 is 9.53 Å². The van der Waals surface area contributed by atoms with Crippen LogP contribution >= 0.6 is 0 Å². The van der Waals surface area contributed by atoms with Crippen molar-refractivity contribution in [2.45, 2.75) is 19.4 Å². The molecule has 2 rings (SSSR count). The highest BCUT2D eigenvalue weighted by Gasteiger charge is 2.19. The summed E-state index contributed by atoms with van der Waals surface area (Å²) >= 11 is 0. The van der Waals surface area contributed by atoms with Gasteiger partial charge in [0.25, 0.3) is 5.91 Å². The number of hydrogen-bond donors (Lipinski definition) is 1. The average molecular weight is 275 g/mol. The lowest BCUT2D eigenvalue weighted by Gasteiger charge is -2.15. The van der Waals surface area contributed by atoms with Crippen LogP contribution in [0, 0.1) is 0 Å². The number of carbonyl (C=O) groups is 1. The van der Waals surface area contributed by atoms with Crippen molar-refractivity contribution >= 4 is 5.91 Å². The Bertz CT molecular complexity index is 596. The third-order valence-electron chi connectivity index (χ3n) is 2.97. The zero-order chi connectivity index (χ0) is 14.5. The summed E-state index contributed by atoms with van der Waals surface area (Å²) in [6, 6.07) is 3.08. The molecular formula is C13H17N5O2. The number of aromatic nitrogens is 4. The number of pyridine rings is 1. The van der Waals surface area contributed by atoms with Crippen LogP contribution in [0.25, 0.3) is 0 Å². The molecule has 1 N–H and O–H groups in total. The summed E-state index contributed by atoms with van der Waals surface area (Å²) < 4.78 is 6.73. The summed E-state index contributed by atoms with van der Waals surface area (Å²) in [5, 5.41) is 6.91. The fourth-order valence-corrected chi connectivity index (χ4v) is 1.86. The Morgan fingerprint density at radius 1 is 1.50 bits per heavy atom. The van der Waals surface area contributed by atoms with Gasteiger partial charge in [0.1, 0.15) is 23.6 Å². The van der Waals surface area contributed by atoms with Crippen molar-refractivity contribution in [3.8, 4) is 5.75 Å². The molecule has 106 valence electrons. The molecule has 0 aliphatic carbocycles. The van der Waals surface area contributed by atoms with E-state index in [-0.39, 0.29) is 11.9 Å². The van der Waals surface area contributed by atoms with Crippen LogP contribution in [0.3, 0.4) is 0 Å². The van der Waals surface area contributed by atoms with Gasteiger partial charge in [-0.1, -0.05) is 6.92 Å². The molecule has 0 saturated heterocycles. The van der Waals surface area contributed by atoms with Gasteiger partial charge in [-0.2, -0.15) is 5.10 Å². The molecule has 2 aromatic heterocycles. The van der Waals surface area contributed by atoms with Crippen molar-refractivity contribution in [3.63, 3.8) is 0 Å². The molecule has 2 aromatic rings. The zero-order valence-electron chi connectivity index (χ0n) is 11.7. The Labute approximate surface area is 117 Å². The van der Waals surface area contributed by atoms with Crippen LogP contribution in [0.4, 0.5) is 0 Å². The second-order valence-corrected chi connectivity index (χ2v) is 4.26. The predicted octanol–water partition coefficient (Wildman–Crippen LogP) is 1.10. The first-order chi connectivity index (χ1) is 9.65. The quantitative estimate of drug-likeness (QED) is 0.883. The Balaban J connectivity index is 2.15. The molecule has 1 unspecified atom stereocenters. The third kappa shape index (κ3) is 2.93. The monoisotopic (exact) mass is 275 g/mol. The second kappa shape index (κ2) is 6.14. The van der Waals surface area contributed by atoms with Gasteiger partial charge in [-0.3, -0.25) is 14.5 Å². The molecule has 0 aliphatic rings. The van der Waals surface area contributed by atoms with Crippen LogP contribution in [-0.2, 0) is 7.05 Å². The van der Waals surface area contributed by atoms with Gasteiger partial charge >= 0.3 is 0 Å². The van der Waals surface area contributed by atoms with Crippen molar-refractivity contribution in [1.29, 1.82) is 0 Å². The van der Waals surface area contributed by atoms with Crippen LogP contribution in [0.15, 0.2) is 24.7 Å². The lowest BCUT2D eigenvalue weighted by Crippen LogP contribution is -2.30. The van der Waals surface area contributed by atoms with E-state index < -0.39 is 0 Å². The Kier molecular flexibility index (Phi) is 4.29. The van der Waals surface area contributed by atoms with E-state index >= 15 is 0 Å². The van der Waals surface area contributed by atoms with E-state index in [1.807, 2.05) is 6.92 Å². The number of rotatable bonds is 5. The van der Waals surface area contributed by atoms with E-state index in [4.69, 9.17) is 4.74 Å². The Morgan fingerprint density at radius 3 is 2.90 bits per heavy atom. The molecule has 7 heteroatoms. The second-order valence-electron chi connectivity index (χ2n) is 4.26. The molecule has 0 radical (unpaired) electrons. The smallest absolute Gasteiger partial charge is 0.270 e. The summed E-state index contributed by atoms with van der Waals surface area (Å²) in [6.45, 7) is 1.97. The number of amides is 1. The Hall–Kier alpha value is -2.44. The third-order valence-corrected chi connectivity index (χ3v) is 2.97. The molecule has 0 aliphatic heterocycles. The molecule has 0 bridgehead atoms. The summed E-state index contributed by atoms with van der Waals surface area (Å²) in [7, 11) is 3.34. The van der Waals surface area contributed by atoms with Gasteiger partial charge in [0.2, 0.25) is 0 Å². The number of carbonyl (C=O) groups excluding carboxylic acids is 1. The van der Waals surface area contributed by atoms with E-state index in [2.05, 4.69) is 20.4 Å². The Morgan fingerprint density at radius 2 is 2.30 bits per heavy atom. The van der Waals surface area contributed by atoms with E-state index in [9.17, 15) is 4.79 Å². The minimum Gasteiger partial charge on any atom is -0.497 e. The molecule has 1 atom stereocenters. The van der Waals surface area contributed by atoms with Crippen molar-refractivity contribution in [2.75, 3.05) is 7.11 Å². The molecule has 1 amide bonds. The maximum atomic E-state index is 12.2. The van der Waals surface area contributed by atoms with Crippen molar-refractivity contribution in [1.82, 2.24) is 25.1 Å². The molecule has 7 nitrogen and oxygen atoms in total. The van der Waals surface area contributed by atoms with Crippen molar-refractivity contribution in [3.05, 3.63) is 36.2 Å². The maximum absolute atomic E-state index is 12.2. The zero-order valence-corrected chi connectivity index (χ0v) is 11.7. The number of aryl methyl sites for hydroxylation is 1. The first-order valence-corrected chi connectivity index (χ1v) is 6.30. The molecule has 0 fully saturated rings. The number of nitrogens with one attached hydrogen (secondary N) is 1. The molecule has 0 saturated carbocycles. The van der Waals surface area contributed by atoms with Crippen LogP contribution in [0.5, 0.6) is 5.75 Å². The van der Waals surface area contributed by atoms with Crippen LogP contribution in [-0.4, -0.2) is 32.8 Å². The summed E-state index contributed by atoms with van der Waals surface area (Å²) in [5.74, 6) is 1.04. The number of ether oxygens (including phenoxy) is 1. The molecular weight excluding hydrogens is 258 g/mol. The molecule has 0 aromatic carbocycles. The van der Waals surface area contributed by atoms with Crippen LogP contribution < -0.4 is 10.1 Å². The first-order valence-electron chi connectivity index (χ1n) is 6.30. The largest absolute Gasteiger partial charge is 0.497 e. The fraction of sp³-hybridized carbons (Fsp3) is 0.385. The summed E-state index contributed by atoms with van der Waals surface area (Å²) in [5.41, 5.74) is 0.310. The topological polar surface area (TPSA) is 81.9 Å². The van der Waals surface area contributed by atoms with Gasteiger partial charge in [0.05, 0.1) is 13.2 Å². The normalized spacial score (nSPS) is 11.9. The standard InChI is InChI=1S/C13H17N5O2/c1-4-10(12-15-8-16-18(12)2)17-13(19)11-7-9(20-3)5-6-14-11/h5-8,10H,4H2,1-3H3,(H,17,19). The van der Waals surface area contributed by atoms with Gasteiger partial charge in [-0.15, -0.1) is 0 Å². The van der Waals surface area contributed by atoms with Gasteiger partial charge in [-0.25, -0.2) is 4.98 Å². The fourth-order valence-electron chi connectivity index (χ4n) is 1.86. The minimum atomic E-state index is -0.265. The van der Waals surface area contributed by atoms with Crippen molar-refractivity contribution in [2.24, 2.45) is 7.05 Å². The van der Waals surface area contributed by atoms with E-state index in [1.54, 1.807) is 31.0 Å². The molecule has 0 spiro atoms. The SMILES string of the molecule is CCC(NC(=O)c1cc(OC)ccn1)c1ncnn1C. The maximum Gasteiger partial charge on any atom is 0.270 e. The van der Waals surface area contributed by atoms with Crippen LogP contribution in [0.2, 0.25) is 0 Å². The first kappa shape index (κ1) is 14.0. The van der Waals surface area contributed by atoms with Gasteiger partial charge < -0.3 is 10.1 Å². The van der Waals surface area contributed by atoms with E-state index in [0.717, 1.165) is 0 Å². The predicted molar refractivity (Wildman–Crippen MR) is 72.3 cm³/mol. The minimum absolute atomic E-state index is 0.206. The lowest BCUT2D eigenvalue weighted by molar-refractivity contribution is 0.0927. The summed E-state index contributed by atoms with van der Waals surface area (Å²) in [4.78, 5) is 20.4. The molecule has 2 heterocycles. The van der Waals surface area contributed by atoms with E-state index in [0.29, 0.717) is 23.7 Å². The highest BCUT2D eigenvalue weighted by Crippen LogP contribution is 2.15. The molecule has 20 heavy (non-hydrogen) atoms. The highest BCUT2D eigenvalue weighted by molar-refractivity contribution is 5.92.